The summed E-state index contributed by atoms with van der Waals surface area (Å²) < 4.78 is 6.54. The Hall–Kier alpha value is -1.36. The lowest BCUT2D eigenvalue weighted by molar-refractivity contribution is 0.230. The molecule has 1 atom stereocenters. The predicted octanol–water partition coefficient (Wildman–Crippen LogP) is 1.67. The first-order valence-corrected chi connectivity index (χ1v) is 6.74. The third kappa shape index (κ3) is 4.67. The monoisotopic (exact) mass is 267 g/mol. The summed E-state index contributed by atoms with van der Waals surface area (Å²) in [6.07, 6.45) is 1.06. The van der Waals surface area contributed by atoms with Gasteiger partial charge < -0.3 is 10.1 Å². The summed E-state index contributed by atoms with van der Waals surface area (Å²) in [5, 5.41) is 7.68. The fourth-order valence-electron chi connectivity index (χ4n) is 1.81. The topological polar surface area (TPSA) is 56.1 Å². The molecule has 0 aliphatic rings. The molecule has 0 fully saturated rings. The molecule has 0 amide bonds. The van der Waals surface area contributed by atoms with E-state index in [9.17, 15) is 4.79 Å². The normalized spacial score (nSPS) is 13.3. The van der Waals surface area contributed by atoms with Crippen molar-refractivity contribution < 1.29 is 4.74 Å². The summed E-state index contributed by atoms with van der Waals surface area (Å²) in [5.41, 5.74) is -0.0485. The number of hydrogen-bond acceptors (Lipinski definition) is 4. The van der Waals surface area contributed by atoms with E-state index >= 15 is 0 Å². The van der Waals surface area contributed by atoms with Crippen LogP contribution in [0.3, 0.4) is 0 Å². The highest BCUT2D eigenvalue weighted by atomic mass is 16.5. The Bertz CT molecular complexity index is 449. The number of hydrogen-bond donors (Lipinski definition) is 1. The van der Waals surface area contributed by atoms with Crippen molar-refractivity contribution in [2.75, 3.05) is 13.7 Å². The van der Waals surface area contributed by atoms with Crippen LogP contribution in [0, 0.1) is 5.41 Å². The Morgan fingerprint density at radius 1 is 1.42 bits per heavy atom. The van der Waals surface area contributed by atoms with Crippen LogP contribution in [0.25, 0.3) is 0 Å². The molecule has 1 unspecified atom stereocenters. The smallest absolute Gasteiger partial charge is 0.267 e. The summed E-state index contributed by atoms with van der Waals surface area (Å²) in [5.74, 6) is 0.461. The molecular formula is C14H25N3O2. The van der Waals surface area contributed by atoms with Gasteiger partial charge in [-0.2, -0.15) is 0 Å². The van der Waals surface area contributed by atoms with Crippen LogP contribution in [0.1, 0.15) is 34.1 Å². The van der Waals surface area contributed by atoms with E-state index in [4.69, 9.17) is 4.74 Å². The Balaban J connectivity index is 2.92. The van der Waals surface area contributed by atoms with E-state index in [1.807, 2.05) is 0 Å². The molecule has 1 rings (SSSR count). The first-order valence-electron chi connectivity index (χ1n) is 6.74. The van der Waals surface area contributed by atoms with E-state index in [-0.39, 0.29) is 17.0 Å². The lowest BCUT2D eigenvalue weighted by atomic mass is 9.86. The number of methoxy groups -OCH3 is 1. The van der Waals surface area contributed by atoms with Crippen molar-refractivity contribution in [1.29, 1.82) is 0 Å². The highest BCUT2D eigenvalue weighted by Crippen LogP contribution is 2.20. The molecule has 19 heavy (non-hydrogen) atoms. The molecule has 0 bridgehead atoms. The quantitative estimate of drug-likeness (QED) is 0.852. The molecule has 108 valence electrons. The third-order valence-electron chi connectivity index (χ3n) is 3.09. The lowest BCUT2D eigenvalue weighted by Gasteiger charge is -2.31. The molecule has 0 radical (unpaired) electrons. The number of aromatic nitrogens is 2. The molecule has 5 nitrogen and oxygen atoms in total. The van der Waals surface area contributed by atoms with Crippen LogP contribution in [-0.2, 0) is 6.54 Å². The summed E-state index contributed by atoms with van der Waals surface area (Å²) in [7, 11) is 1.55. The van der Waals surface area contributed by atoms with E-state index in [1.54, 1.807) is 13.2 Å². The highest BCUT2D eigenvalue weighted by Gasteiger charge is 2.25. The van der Waals surface area contributed by atoms with Crippen LogP contribution in [0.4, 0.5) is 0 Å². The molecule has 0 spiro atoms. The van der Waals surface area contributed by atoms with Crippen LogP contribution in [-0.4, -0.2) is 29.5 Å². The van der Waals surface area contributed by atoms with E-state index in [0.29, 0.717) is 12.4 Å². The Kier molecular flexibility index (Phi) is 5.54. The van der Waals surface area contributed by atoms with Crippen LogP contribution >= 0.6 is 0 Å². The van der Waals surface area contributed by atoms with Gasteiger partial charge in [0.25, 0.3) is 5.56 Å². The summed E-state index contributed by atoms with van der Waals surface area (Å²) >= 11 is 0. The van der Waals surface area contributed by atoms with Gasteiger partial charge in [0, 0.05) is 18.2 Å². The molecule has 0 aromatic carbocycles. The van der Waals surface area contributed by atoms with Crippen molar-refractivity contribution in [1.82, 2.24) is 15.1 Å². The van der Waals surface area contributed by atoms with Crippen molar-refractivity contribution in [3.63, 3.8) is 0 Å². The molecular weight excluding hydrogens is 242 g/mol. The SMILES string of the molecule is CCCNC(Cn1nc(OC)ccc1=O)C(C)(C)C. The number of ether oxygens (including phenoxy) is 1. The van der Waals surface area contributed by atoms with E-state index in [0.717, 1.165) is 13.0 Å². The largest absolute Gasteiger partial charge is 0.480 e. The molecule has 0 aliphatic heterocycles. The summed E-state index contributed by atoms with van der Waals surface area (Å²) in [6, 6.07) is 3.26. The zero-order chi connectivity index (χ0) is 14.5. The van der Waals surface area contributed by atoms with E-state index < -0.39 is 0 Å². The first-order chi connectivity index (χ1) is 8.88. The van der Waals surface area contributed by atoms with Gasteiger partial charge >= 0.3 is 0 Å². The van der Waals surface area contributed by atoms with Gasteiger partial charge in [-0.15, -0.1) is 5.10 Å². The molecule has 1 heterocycles. The minimum Gasteiger partial charge on any atom is -0.480 e. The number of nitrogens with zero attached hydrogens (tertiary/aromatic N) is 2. The van der Waals surface area contributed by atoms with Gasteiger partial charge in [-0.3, -0.25) is 4.79 Å². The Labute approximate surface area is 115 Å². The number of rotatable bonds is 6. The molecule has 1 N–H and O–H groups in total. The van der Waals surface area contributed by atoms with Crippen LogP contribution in [0.15, 0.2) is 16.9 Å². The molecule has 0 saturated heterocycles. The van der Waals surface area contributed by atoms with Gasteiger partial charge in [-0.05, 0) is 18.4 Å². The second-order valence-corrected chi connectivity index (χ2v) is 5.77. The van der Waals surface area contributed by atoms with Gasteiger partial charge in [0.05, 0.1) is 13.7 Å². The first kappa shape index (κ1) is 15.7. The average molecular weight is 267 g/mol. The molecule has 5 heteroatoms. The van der Waals surface area contributed by atoms with Gasteiger partial charge in [-0.25, -0.2) is 4.68 Å². The Morgan fingerprint density at radius 2 is 2.11 bits per heavy atom. The minimum absolute atomic E-state index is 0.0549. The van der Waals surface area contributed by atoms with E-state index in [2.05, 4.69) is 38.1 Å². The average Bonchev–Trinajstić information content (AvgIpc) is 2.35. The second kappa shape index (κ2) is 6.70. The molecule has 1 aromatic heterocycles. The van der Waals surface area contributed by atoms with Gasteiger partial charge in [0.15, 0.2) is 0 Å². The summed E-state index contributed by atoms with van der Waals surface area (Å²) in [6.45, 7) is 10.1. The molecule has 0 saturated carbocycles. The van der Waals surface area contributed by atoms with Crippen molar-refractivity contribution >= 4 is 0 Å². The zero-order valence-electron chi connectivity index (χ0n) is 12.6. The maximum absolute atomic E-state index is 11.8. The van der Waals surface area contributed by atoms with Crippen LogP contribution in [0.2, 0.25) is 0 Å². The molecule has 0 aliphatic carbocycles. The Morgan fingerprint density at radius 3 is 2.63 bits per heavy atom. The van der Waals surface area contributed by atoms with Crippen molar-refractivity contribution in [2.24, 2.45) is 5.41 Å². The minimum atomic E-state index is -0.103. The van der Waals surface area contributed by atoms with Crippen molar-refractivity contribution in [3.8, 4) is 5.88 Å². The van der Waals surface area contributed by atoms with Gasteiger partial charge in [0.2, 0.25) is 5.88 Å². The fourth-order valence-corrected chi connectivity index (χ4v) is 1.81. The van der Waals surface area contributed by atoms with Crippen LogP contribution in [0.5, 0.6) is 5.88 Å². The van der Waals surface area contributed by atoms with Crippen molar-refractivity contribution in [2.45, 2.75) is 46.7 Å². The number of nitrogens with one attached hydrogen (secondary N) is 1. The van der Waals surface area contributed by atoms with Gasteiger partial charge in [0.1, 0.15) is 0 Å². The maximum atomic E-state index is 11.8. The van der Waals surface area contributed by atoms with Crippen LogP contribution < -0.4 is 15.6 Å². The predicted molar refractivity (Wildman–Crippen MR) is 76.6 cm³/mol. The lowest BCUT2D eigenvalue weighted by Crippen LogP contribution is -2.46. The molecule has 1 aromatic rings. The highest BCUT2D eigenvalue weighted by molar-refractivity contribution is 5.06. The van der Waals surface area contributed by atoms with Gasteiger partial charge in [-0.1, -0.05) is 27.7 Å². The maximum Gasteiger partial charge on any atom is 0.267 e. The fraction of sp³-hybridized carbons (Fsp3) is 0.714. The van der Waals surface area contributed by atoms with Crippen molar-refractivity contribution in [3.05, 3.63) is 22.5 Å². The summed E-state index contributed by atoms with van der Waals surface area (Å²) in [4.78, 5) is 11.8. The second-order valence-electron chi connectivity index (χ2n) is 5.77. The zero-order valence-corrected chi connectivity index (χ0v) is 12.6. The third-order valence-corrected chi connectivity index (χ3v) is 3.09. The van der Waals surface area contributed by atoms with E-state index in [1.165, 1.54) is 10.7 Å². The standard InChI is InChI=1S/C14H25N3O2/c1-6-9-15-11(14(2,3)4)10-17-13(18)8-7-12(16-17)19-5/h7-8,11,15H,6,9-10H2,1-5H3.